The summed E-state index contributed by atoms with van der Waals surface area (Å²) >= 11 is 0. The van der Waals surface area contributed by atoms with Crippen LogP contribution in [-0.4, -0.2) is 20.2 Å². The van der Waals surface area contributed by atoms with Gasteiger partial charge < -0.3 is 10.1 Å². The van der Waals surface area contributed by atoms with E-state index in [-0.39, 0.29) is 0 Å². The SMILES string of the molecule is COc1ccc(CCNCC2CCCCCC2)cc1. The van der Waals surface area contributed by atoms with Gasteiger partial charge in [0.2, 0.25) is 0 Å². The molecule has 2 rings (SSSR count). The molecule has 1 fully saturated rings. The average Bonchev–Trinajstić information content (AvgIpc) is 2.73. The summed E-state index contributed by atoms with van der Waals surface area (Å²) in [5.74, 6) is 1.86. The van der Waals surface area contributed by atoms with Gasteiger partial charge in [-0.3, -0.25) is 0 Å². The van der Waals surface area contributed by atoms with E-state index in [1.165, 1.54) is 50.6 Å². The van der Waals surface area contributed by atoms with Crippen molar-refractivity contribution in [3.05, 3.63) is 29.8 Å². The van der Waals surface area contributed by atoms with Crippen molar-refractivity contribution < 1.29 is 4.74 Å². The molecule has 0 saturated heterocycles. The molecule has 2 nitrogen and oxygen atoms in total. The number of hydrogen-bond donors (Lipinski definition) is 1. The van der Waals surface area contributed by atoms with Gasteiger partial charge >= 0.3 is 0 Å². The first kappa shape index (κ1) is 14.4. The topological polar surface area (TPSA) is 21.3 Å². The largest absolute Gasteiger partial charge is 0.497 e. The van der Waals surface area contributed by atoms with Gasteiger partial charge in [0, 0.05) is 0 Å². The number of rotatable bonds is 6. The molecule has 0 unspecified atom stereocenters. The molecule has 1 aromatic carbocycles. The number of ether oxygens (including phenoxy) is 1. The lowest BCUT2D eigenvalue weighted by Crippen LogP contribution is -2.24. The molecule has 0 aromatic heterocycles. The molecular formula is C17H27NO. The maximum absolute atomic E-state index is 5.17. The molecule has 1 aliphatic rings. The van der Waals surface area contributed by atoms with Crippen LogP contribution in [0.15, 0.2) is 24.3 Å². The third kappa shape index (κ3) is 5.23. The minimum absolute atomic E-state index is 0.915. The van der Waals surface area contributed by atoms with Crippen molar-refractivity contribution in [1.82, 2.24) is 5.32 Å². The Bertz CT molecular complexity index is 339. The van der Waals surface area contributed by atoms with Crippen molar-refractivity contribution in [3.63, 3.8) is 0 Å². The highest BCUT2D eigenvalue weighted by molar-refractivity contribution is 5.27. The summed E-state index contributed by atoms with van der Waals surface area (Å²) in [6.45, 7) is 2.29. The van der Waals surface area contributed by atoms with E-state index in [0.717, 1.165) is 24.6 Å². The van der Waals surface area contributed by atoms with Crippen LogP contribution in [0.2, 0.25) is 0 Å². The first-order valence-corrected chi connectivity index (χ1v) is 7.72. The van der Waals surface area contributed by atoms with Crippen molar-refractivity contribution >= 4 is 0 Å². The van der Waals surface area contributed by atoms with Crippen molar-refractivity contribution in [2.24, 2.45) is 5.92 Å². The van der Waals surface area contributed by atoms with Crippen LogP contribution < -0.4 is 10.1 Å². The van der Waals surface area contributed by atoms with E-state index in [4.69, 9.17) is 4.74 Å². The van der Waals surface area contributed by atoms with Gasteiger partial charge in [-0.2, -0.15) is 0 Å². The van der Waals surface area contributed by atoms with E-state index in [2.05, 4.69) is 17.4 Å². The number of methoxy groups -OCH3 is 1. The first-order valence-electron chi connectivity index (χ1n) is 7.72. The van der Waals surface area contributed by atoms with Crippen molar-refractivity contribution in [2.45, 2.75) is 44.9 Å². The second-order valence-corrected chi connectivity index (χ2v) is 5.66. The van der Waals surface area contributed by atoms with Gasteiger partial charge in [-0.1, -0.05) is 37.8 Å². The fourth-order valence-corrected chi connectivity index (χ4v) is 2.90. The third-order valence-electron chi connectivity index (χ3n) is 4.16. The molecule has 2 heteroatoms. The van der Waals surface area contributed by atoms with Gasteiger partial charge in [0.15, 0.2) is 0 Å². The second kappa shape index (κ2) is 8.21. The van der Waals surface area contributed by atoms with Crippen molar-refractivity contribution in [2.75, 3.05) is 20.2 Å². The Balaban J connectivity index is 1.62. The first-order chi connectivity index (χ1) is 9.38. The van der Waals surface area contributed by atoms with Crippen LogP contribution in [-0.2, 0) is 6.42 Å². The van der Waals surface area contributed by atoms with Crippen molar-refractivity contribution in [3.8, 4) is 5.75 Å². The minimum atomic E-state index is 0.915. The molecule has 19 heavy (non-hydrogen) atoms. The van der Waals surface area contributed by atoms with Gasteiger partial charge in [-0.05, 0) is 56.0 Å². The monoisotopic (exact) mass is 261 g/mol. The predicted octanol–water partition coefficient (Wildman–Crippen LogP) is 3.80. The molecule has 0 bridgehead atoms. The Morgan fingerprint density at radius 3 is 2.37 bits per heavy atom. The Hall–Kier alpha value is -1.02. The smallest absolute Gasteiger partial charge is 0.118 e. The highest BCUT2D eigenvalue weighted by Crippen LogP contribution is 2.22. The van der Waals surface area contributed by atoms with Crippen molar-refractivity contribution in [1.29, 1.82) is 0 Å². The number of benzene rings is 1. The van der Waals surface area contributed by atoms with Crippen LogP contribution in [0, 0.1) is 5.92 Å². The lowest BCUT2D eigenvalue weighted by atomic mass is 10.0. The number of hydrogen-bond acceptors (Lipinski definition) is 2. The van der Waals surface area contributed by atoms with Gasteiger partial charge in [-0.25, -0.2) is 0 Å². The van der Waals surface area contributed by atoms with E-state index in [1.54, 1.807) is 7.11 Å². The molecule has 0 radical (unpaired) electrons. The summed E-state index contributed by atoms with van der Waals surface area (Å²) in [5, 5.41) is 3.63. The lowest BCUT2D eigenvalue weighted by Gasteiger charge is -2.14. The maximum atomic E-state index is 5.17. The van der Waals surface area contributed by atoms with Gasteiger partial charge in [-0.15, -0.1) is 0 Å². The third-order valence-corrected chi connectivity index (χ3v) is 4.16. The molecule has 1 aromatic rings. The Morgan fingerprint density at radius 1 is 1.05 bits per heavy atom. The van der Waals surface area contributed by atoms with Gasteiger partial charge in [0.05, 0.1) is 7.11 Å². The molecule has 1 saturated carbocycles. The van der Waals surface area contributed by atoms with E-state index >= 15 is 0 Å². The van der Waals surface area contributed by atoms with Crippen LogP contribution in [0.4, 0.5) is 0 Å². The van der Waals surface area contributed by atoms with E-state index in [0.29, 0.717) is 0 Å². The highest BCUT2D eigenvalue weighted by Gasteiger charge is 2.11. The molecule has 0 amide bonds. The Labute approximate surface area is 117 Å². The van der Waals surface area contributed by atoms with Crippen LogP contribution >= 0.6 is 0 Å². The lowest BCUT2D eigenvalue weighted by molar-refractivity contribution is 0.414. The summed E-state index contributed by atoms with van der Waals surface area (Å²) in [4.78, 5) is 0. The molecule has 1 N–H and O–H groups in total. The zero-order valence-electron chi connectivity index (χ0n) is 12.2. The fourth-order valence-electron chi connectivity index (χ4n) is 2.90. The Morgan fingerprint density at radius 2 is 1.74 bits per heavy atom. The summed E-state index contributed by atoms with van der Waals surface area (Å²) in [6.07, 6.45) is 9.72. The zero-order chi connectivity index (χ0) is 13.3. The summed E-state index contributed by atoms with van der Waals surface area (Å²) < 4.78 is 5.17. The summed E-state index contributed by atoms with van der Waals surface area (Å²) in [5.41, 5.74) is 1.38. The standard InChI is InChI=1S/C17H27NO/c1-19-17-10-8-15(9-11-17)12-13-18-14-16-6-4-2-3-5-7-16/h8-11,16,18H,2-7,12-14H2,1H3. The van der Waals surface area contributed by atoms with Gasteiger partial charge in [0.1, 0.15) is 5.75 Å². The minimum Gasteiger partial charge on any atom is -0.497 e. The van der Waals surface area contributed by atoms with E-state index < -0.39 is 0 Å². The molecular weight excluding hydrogens is 234 g/mol. The highest BCUT2D eigenvalue weighted by atomic mass is 16.5. The van der Waals surface area contributed by atoms with E-state index in [1.807, 2.05) is 12.1 Å². The molecule has 0 heterocycles. The fraction of sp³-hybridized carbons (Fsp3) is 0.647. The maximum Gasteiger partial charge on any atom is 0.118 e. The Kier molecular flexibility index (Phi) is 6.22. The van der Waals surface area contributed by atoms with E-state index in [9.17, 15) is 0 Å². The quantitative estimate of drug-likeness (QED) is 0.621. The summed E-state index contributed by atoms with van der Waals surface area (Å²) in [6, 6.07) is 8.40. The predicted molar refractivity (Wildman–Crippen MR) is 80.8 cm³/mol. The van der Waals surface area contributed by atoms with Crippen LogP contribution in [0.5, 0.6) is 5.75 Å². The molecule has 106 valence electrons. The zero-order valence-corrected chi connectivity index (χ0v) is 12.2. The molecule has 1 aliphatic carbocycles. The van der Waals surface area contributed by atoms with Crippen LogP contribution in [0.3, 0.4) is 0 Å². The normalized spacial score (nSPS) is 17.1. The summed E-state index contributed by atoms with van der Waals surface area (Å²) in [7, 11) is 1.71. The second-order valence-electron chi connectivity index (χ2n) is 5.66. The number of nitrogens with one attached hydrogen (secondary N) is 1. The van der Waals surface area contributed by atoms with Crippen LogP contribution in [0.1, 0.15) is 44.1 Å². The van der Waals surface area contributed by atoms with Crippen LogP contribution in [0.25, 0.3) is 0 Å². The molecule has 0 spiro atoms. The van der Waals surface area contributed by atoms with Gasteiger partial charge in [0.25, 0.3) is 0 Å². The average molecular weight is 261 g/mol. The molecule has 0 atom stereocenters. The molecule has 0 aliphatic heterocycles.